The van der Waals surface area contributed by atoms with Crippen LogP contribution in [0.15, 0.2) is 60.9 Å². The van der Waals surface area contributed by atoms with E-state index in [0.29, 0.717) is 0 Å². The molecule has 0 spiro atoms. The van der Waals surface area contributed by atoms with E-state index in [1.54, 1.807) is 6.20 Å². The topological polar surface area (TPSA) is 28.7 Å². The molecular formula is C17H15ClN2. The average molecular weight is 283 g/mol. The molecule has 1 heterocycles. The van der Waals surface area contributed by atoms with Gasteiger partial charge in [0.05, 0.1) is 0 Å². The zero-order chi connectivity index (χ0) is 13.8. The highest BCUT2D eigenvalue weighted by molar-refractivity contribution is 6.30. The molecule has 0 saturated heterocycles. The van der Waals surface area contributed by atoms with Crippen molar-refractivity contribution in [3.05, 3.63) is 77.3 Å². The molecule has 1 aromatic heterocycles. The van der Waals surface area contributed by atoms with Crippen molar-refractivity contribution < 1.29 is 0 Å². The van der Waals surface area contributed by atoms with E-state index in [4.69, 9.17) is 11.6 Å². The van der Waals surface area contributed by atoms with Crippen LogP contribution in [0.3, 0.4) is 0 Å². The fourth-order valence-corrected chi connectivity index (χ4v) is 2.55. The molecule has 0 unspecified atom stereocenters. The largest absolute Gasteiger partial charge is 0.349 e. The maximum atomic E-state index is 6.14. The summed E-state index contributed by atoms with van der Waals surface area (Å²) in [5.74, 6) is 1.00. The molecule has 2 aromatic carbocycles. The summed E-state index contributed by atoms with van der Waals surface area (Å²) in [4.78, 5) is 7.40. The monoisotopic (exact) mass is 282 g/mol. The van der Waals surface area contributed by atoms with Gasteiger partial charge in [0.1, 0.15) is 5.82 Å². The third-order valence-corrected chi connectivity index (χ3v) is 3.57. The van der Waals surface area contributed by atoms with Gasteiger partial charge in [-0.15, -0.1) is 0 Å². The number of nitrogens with zero attached hydrogens (tertiary/aromatic N) is 1. The van der Waals surface area contributed by atoms with Crippen LogP contribution in [-0.4, -0.2) is 9.97 Å². The summed E-state index contributed by atoms with van der Waals surface area (Å²) < 4.78 is 0. The van der Waals surface area contributed by atoms with Crippen LogP contribution in [0.4, 0.5) is 0 Å². The lowest BCUT2D eigenvalue weighted by molar-refractivity contribution is 0.885. The number of benzene rings is 2. The smallest absolute Gasteiger partial charge is 0.106 e. The number of aromatic amines is 1. The van der Waals surface area contributed by atoms with E-state index in [9.17, 15) is 0 Å². The lowest BCUT2D eigenvalue weighted by Crippen LogP contribution is -1.96. The number of hydrogen-bond acceptors (Lipinski definition) is 1. The maximum Gasteiger partial charge on any atom is 0.106 e. The highest BCUT2D eigenvalue weighted by Crippen LogP contribution is 2.27. The molecule has 0 amide bonds. The van der Waals surface area contributed by atoms with Crippen molar-refractivity contribution in [2.75, 3.05) is 0 Å². The Morgan fingerprint density at radius 3 is 2.60 bits per heavy atom. The fourth-order valence-electron chi connectivity index (χ4n) is 2.36. The van der Waals surface area contributed by atoms with E-state index in [1.165, 1.54) is 16.7 Å². The van der Waals surface area contributed by atoms with Crippen molar-refractivity contribution in [1.29, 1.82) is 0 Å². The Kier molecular flexibility index (Phi) is 3.84. The van der Waals surface area contributed by atoms with Crippen molar-refractivity contribution in [2.45, 2.75) is 12.8 Å². The first-order valence-corrected chi connectivity index (χ1v) is 7.03. The number of aryl methyl sites for hydroxylation is 2. The van der Waals surface area contributed by atoms with E-state index in [0.717, 1.165) is 23.7 Å². The van der Waals surface area contributed by atoms with Crippen LogP contribution < -0.4 is 0 Å². The van der Waals surface area contributed by atoms with Gasteiger partial charge >= 0.3 is 0 Å². The van der Waals surface area contributed by atoms with Crippen molar-refractivity contribution in [2.24, 2.45) is 0 Å². The molecule has 0 bridgehead atoms. The standard InChI is InChI=1S/C17H15ClN2/c18-15-7-8-16(13-4-2-1-3-5-13)14(12-15)6-9-17-19-10-11-20-17/h1-5,7-8,10-12H,6,9H2,(H,19,20). The number of hydrogen-bond donors (Lipinski definition) is 1. The Labute approximate surface area is 123 Å². The number of halogens is 1. The van der Waals surface area contributed by atoms with Gasteiger partial charge in [-0.1, -0.05) is 48.0 Å². The van der Waals surface area contributed by atoms with Gasteiger partial charge in [-0.25, -0.2) is 4.98 Å². The van der Waals surface area contributed by atoms with Crippen molar-refractivity contribution >= 4 is 11.6 Å². The highest BCUT2D eigenvalue weighted by atomic mass is 35.5. The average Bonchev–Trinajstić information content (AvgIpc) is 2.99. The van der Waals surface area contributed by atoms with Gasteiger partial charge in [-0.3, -0.25) is 0 Å². The van der Waals surface area contributed by atoms with Crippen LogP contribution in [0, 0.1) is 0 Å². The highest BCUT2D eigenvalue weighted by Gasteiger charge is 2.07. The fraction of sp³-hybridized carbons (Fsp3) is 0.118. The first-order chi connectivity index (χ1) is 9.83. The molecule has 0 aliphatic carbocycles. The lowest BCUT2D eigenvalue weighted by atomic mass is 9.96. The Bertz CT molecular complexity index is 675. The van der Waals surface area contributed by atoms with Gasteiger partial charge in [0.25, 0.3) is 0 Å². The molecule has 1 N–H and O–H groups in total. The molecule has 0 atom stereocenters. The van der Waals surface area contributed by atoms with Crippen LogP contribution in [-0.2, 0) is 12.8 Å². The van der Waals surface area contributed by atoms with Gasteiger partial charge in [0, 0.05) is 23.8 Å². The first-order valence-electron chi connectivity index (χ1n) is 6.65. The molecule has 0 aliphatic rings. The molecule has 3 heteroatoms. The Hall–Kier alpha value is -2.06. The summed E-state index contributed by atoms with van der Waals surface area (Å²) in [5.41, 5.74) is 3.71. The molecule has 0 fully saturated rings. The second-order valence-corrected chi connectivity index (χ2v) is 5.14. The Morgan fingerprint density at radius 2 is 1.85 bits per heavy atom. The summed E-state index contributed by atoms with van der Waals surface area (Å²) in [5, 5.41) is 0.777. The van der Waals surface area contributed by atoms with Gasteiger partial charge in [-0.05, 0) is 35.2 Å². The van der Waals surface area contributed by atoms with Gasteiger partial charge in [0.15, 0.2) is 0 Å². The number of aromatic nitrogens is 2. The third-order valence-electron chi connectivity index (χ3n) is 3.34. The van der Waals surface area contributed by atoms with Crippen molar-refractivity contribution in [3.63, 3.8) is 0 Å². The molecule has 2 nitrogen and oxygen atoms in total. The molecule has 3 aromatic rings. The van der Waals surface area contributed by atoms with E-state index in [2.05, 4.69) is 40.3 Å². The maximum absolute atomic E-state index is 6.14. The molecule has 3 rings (SSSR count). The van der Waals surface area contributed by atoms with E-state index in [1.807, 2.05) is 24.4 Å². The van der Waals surface area contributed by atoms with Crippen LogP contribution in [0.25, 0.3) is 11.1 Å². The minimum atomic E-state index is 0.777. The van der Waals surface area contributed by atoms with Crippen LogP contribution in [0.1, 0.15) is 11.4 Å². The number of rotatable bonds is 4. The molecule has 0 saturated carbocycles. The molecule has 0 aliphatic heterocycles. The summed E-state index contributed by atoms with van der Waals surface area (Å²) in [6, 6.07) is 16.5. The third kappa shape index (κ3) is 2.91. The van der Waals surface area contributed by atoms with Crippen LogP contribution in [0.2, 0.25) is 5.02 Å². The summed E-state index contributed by atoms with van der Waals surface area (Å²) in [6.45, 7) is 0. The summed E-state index contributed by atoms with van der Waals surface area (Å²) in [7, 11) is 0. The van der Waals surface area contributed by atoms with E-state index in [-0.39, 0.29) is 0 Å². The summed E-state index contributed by atoms with van der Waals surface area (Å²) in [6.07, 6.45) is 5.43. The number of nitrogens with one attached hydrogen (secondary N) is 1. The minimum Gasteiger partial charge on any atom is -0.349 e. The van der Waals surface area contributed by atoms with Crippen LogP contribution >= 0.6 is 11.6 Å². The minimum absolute atomic E-state index is 0.777. The quantitative estimate of drug-likeness (QED) is 0.749. The zero-order valence-corrected chi connectivity index (χ0v) is 11.8. The molecule has 0 radical (unpaired) electrons. The molecule has 20 heavy (non-hydrogen) atoms. The zero-order valence-electron chi connectivity index (χ0n) is 11.0. The predicted octanol–water partition coefficient (Wildman–Crippen LogP) is 4.52. The van der Waals surface area contributed by atoms with Gasteiger partial charge < -0.3 is 4.98 Å². The Balaban J connectivity index is 1.90. The van der Waals surface area contributed by atoms with E-state index >= 15 is 0 Å². The second kappa shape index (κ2) is 5.93. The number of H-pyrrole nitrogens is 1. The SMILES string of the molecule is Clc1ccc(-c2ccccc2)c(CCc2ncc[nH]2)c1. The van der Waals surface area contributed by atoms with Crippen molar-refractivity contribution in [1.82, 2.24) is 9.97 Å². The predicted molar refractivity (Wildman–Crippen MR) is 82.9 cm³/mol. The summed E-state index contributed by atoms with van der Waals surface area (Å²) >= 11 is 6.14. The first kappa shape index (κ1) is 12.9. The molecule has 100 valence electrons. The van der Waals surface area contributed by atoms with Crippen molar-refractivity contribution in [3.8, 4) is 11.1 Å². The Morgan fingerprint density at radius 1 is 1.00 bits per heavy atom. The number of imidazole rings is 1. The van der Waals surface area contributed by atoms with Gasteiger partial charge in [0.2, 0.25) is 0 Å². The molecular weight excluding hydrogens is 268 g/mol. The van der Waals surface area contributed by atoms with Gasteiger partial charge in [-0.2, -0.15) is 0 Å². The van der Waals surface area contributed by atoms with E-state index < -0.39 is 0 Å². The lowest BCUT2D eigenvalue weighted by Gasteiger charge is -2.10. The van der Waals surface area contributed by atoms with Crippen LogP contribution in [0.5, 0.6) is 0 Å². The normalized spacial score (nSPS) is 10.7. The second-order valence-electron chi connectivity index (χ2n) is 4.70.